The third-order valence-electron chi connectivity index (χ3n) is 2.75. The van der Waals surface area contributed by atoms with Crippen LogP contribution in [-0.2, 0) is 0 Å². The molecule has 2 aromatic heterocycles. The van der Waals surface area contributed by atoms with E-state index in [-0.39, 0.29) is 5.69 Å². The number of rotatable bonds is 3. The zero-order valence-electron chi connectivity index (χ0n) is 10.4. The summed E-state index contributed by atoms with van der Waals surface area (Å²) in [6.07, 6.45) is 1.67. The van der Waals surface area contributed by atoms with Crippen molar-refractivity contribution >= 4 is 17.3 Å². The zero-order chi connectivity index (χ0) is 13.9. The maximum atomic E-state index is 11.4. The van der Waals surface area contributed by atoms with Gasteiger partial charge in [0, 0.05) is 6.20 Å². The molecule has 98 valence electrons. The van der Waals surface area contributed by atoms with Gasteiger partial charge in [0.25, 0.3) is 0 Å². The fourth-order valence-electron chi connectivity index (χ4n) is 1.85. The Morgan fingerprint density at radius 2 is 1.80 bits per heavy atom. The molecule has 0 unspecified atom stereocenters. The van der Waals surface area contributed by atoms with Gasteiger partial charge in [0.1, 0.15) is 5.01 Å². The number of hydrogen-bond donors (Lipinski definition) is 1. The second kappa shape index (κ2) is 5.22. The van der Waals surface area contributed by atoms with Crippen LogP contribution in [0.25, 0.3) is 21.1 Å². The van der Waals surface area contributed by atoms with Gasteiger partial charge in [-0.25, -0.2) is 9.78 Å². The fraction of sp³-hybridized carbons (Fsp3) is 0. The van der Waals surface area contributed by atoms with E-state index in [1.807, 2.05) is 48.5 Å². The first-order valence-corrected chi connectivity index (χ1v) is 6.78. The molecule has 3 rings (SSSR count). The maximum Gasteiger partial charge on any atom is 0.356 e. The number of pyridine rings is 1. The average Bonchev–Trinajstić information content (AvgIpc) is 2.94. The molecule has 0 aliphatic heterocycles. The Hall–Kier alpha value is -2.53. The predicted molar refractivity (Wildman–Crippen MR) is 77.7 cm³/mol. The van der Waals surface area contributed by atoms with E-state index in [2.05, 4.69) is 9.97 Å². The van der Waals surface area contributed by atoms with Crippen LogP contribution in [0.2, 0.25) is 0 Å². The van der Waals surface area contributed by atoms with Crippen molar-refractivity contribution in [3.05, 3.63) is 60.4 Å². The maximum absolute atomic E-state index is 11.4. The van der Waals surface area contributed by atoms with Crippen molar-refractivity contribution in [2.45, 2.75) is 0 Å². The Labute approximate surface area is 119 Å². The van der Waals surface area contributed by atoms with Crippen LogP contribution < -0.4 is 0 Å². The highest BCUT2D eigenvalue weighted by Crippen LogP contribution is 2.34. The number of aromatic carboxylic acids is 1. The molecule has 0 saturated heterocycles. The minimum Gasteiger partial charge on any atom is -0.476 e. The number of benzene rings is 1. The normalized spacial score (nSPS) is 10.4. The molecule has 0 saturated carbocycles. The summed E-state index contributed by atoms with van der Waals surface area (Å²) in [5, 5.41) is 9.92. The molecule has 1 aromatic carbocycles. The molecule has 0 radical (unpaired) electrons. The molecule has 0 aliphatic rings. The first kappa shape index (κ1) is 12.5. The van der Waals surface area contributed by atoms with Gasteiger partial charge >= 0.3 is 5.97 Å². The smallest absolute Gasteiger partial charge is 0.356 e. The molecular weight excluding hydrogens is 272 g/mol. The minimum absolute atomic E-state index is 0.0712. The highest BCUT2D eigenvalue weighted by atomic mass is 32.1. The van der Waals surface area contributed by atoms with E-state index < -0.39 is 5.97 Å². The van der Waals surface area contributed by atoms with E-state index >= 15 is 0 Å². The van der Waals surface area contributed by atoms with Crippen LogP contribution in [0.1, 0.15) is 10.5 Å². The van der Waals surface area contributed by atoms with Crippen LogP contribution in [0.4, 0.5) is 0 Å². The van der Waals surface area contributed by atoms with Crippen molar-refractivity contribution in [3.8, 4) is 21.1 Å². The van der Waals surface area contributed by atoms with E-state index in [0.717, 1.165) is 5.56 Å². The number of aromatic nitrogens is 2. The van der Waals surface area contributed by atoms with Crippen LogP contribution in [0.15, 0.2) is 54.7 Å². The highest BCUT2D eigenvalue weighted by molar-refractivity contribution is 7.18. The van der Waals surface area contributed by atoms with Crippen molar-refractivity contribution < 1.29 is 9.90 Å². The molecule has 0 fully saturated rings. The highest BCUT2D eigenvalue weighted by Gasteiger charge is 2.19. The van der Waals surface area contributed by atoms with Crippen molar-refractivity contribution in [2.75, 3.05) is 0 Å². The lowest BCUT2D eigenvalue weighted by atomic mass is 10.1. The lowest BCUT2D eigenvalue weighted by Gasteiger charge is -1.97. The minimum atomic E-state index is -1.03. The van der Waals surface area contributed by atoms with Gasteiger partial charge in [-0.05, 0) is 17.7 Å². The third-order valence-corrected chi connectivity index (χ3v) is 3.88. The summed E-state index contributed by atoms with van der Waals surface area (Å²) in [6, 6.07) is 14.9. The average molecular weight is 282 g/mol. The van der Waals surface area contributed by atoms with Crippen LogP contribution in [-0.4, -0.2) is 21.0 Å². The Kier molecular flexibility index (Phi) is 3.26. The number of nitrogens with zero attached hydrogens (tertiary/aromatic N) is 2. The number of hydrogen-bond acceptors (Lipinski definition) is 4. The number of thiazole rings is 1. The lowest BCUT2D eigenvalue weighted by molar-refractivity contribution is 0.0692. The van der Waals surface area contributed by atoms with Gasteiger partial charge in [-0.15, -0.1) is 11.3 Å². The summed E-state index contributed by atoms with van der Waals surface area (Å²) >= 11 is 1.34. The molecule has 0 bridgehead atoms. The molecule has 0 amide bonds. The van der Waals surface area contributed by atoms with E-state index in [1.165, 1.54) is 11.3 Å². The standard InChI is InChI=1S/C15H10N2O2S/c18-15(19)12-13(10-6-2-1-3-7-10)20-14(17-12)11-8-4-5-9-16-11/h1-9H,(H,18,19). The number of carboxylic acids is 1. The second-order valence-electron chi connectivity index (χ2n) is 4.08. The summed E-state index contributed by atoms with van der Waals surface area (Å²) in [6.45, 7) is 0. The van der Waals surface area contributed by atoms with Crippen molar-refractivity contribution in [2.24, 2.45) is 0 Å². The summed E-state index contributed by atoms with van der Waals surface area (Å²) in [4.78, 5) is 20.4. The van der Waals surface area contributed by atoms with Crippen LogP contribution in [0.3, 0.4) is 0 Å². The van der Waals surface area contributed by atoms with Gasteiger partial charge in [-0.2, -0.15) is 0 Å². The summed E-state index contributed by atoms with van der Waals surface area (Å²) in [5.74, 6) is -1.03. The molecule has 5 heteroatoms. The van der Waals surface area contributed by atoms with E-state index in [0.29, 0.717) is 15.6 Å². The summed E-state index contributed by atoms with van der Waals surface area (Å²) in [7, 11) is 0. The molecule has 20 heavy (non-hydrogen) atoms. The SMILES string of the molecule is O=C(O)c1nc(-c2ccccn2)sc1-c1ccccc1. The second-order valence-corrected chi connectivity index (χ2v) is 5.08. The van der Waals surface area contributed by atoms with Crippen molar-refractivity contribution in [1.82, 2.24) is 9.97 Å². The Morgan fingerprint density at radius 1 is 1.05 bits per heavy atom. The quantitative estimate of drug-likeness (QED) is 0.797. The molecule has 0 aliphatic carbocycles. The van der Waals surface area contributed by atoms with Gasteiger partial charge < -0.3 is 5.11 Å². The van der Waals surface area contributed by atoms with Crippen molar-refractivity contribution in [1.29, 1.82) is 0 Å². The van der Waals surface area contributed by atoms with E-state index in [4.69, 9.17) is 0 Å². The summed E-state index contributed by atoms with van der Waals surface area (Å²) in [5.41, 5.74) is 1.61. The van der Waals surface area contributed by atoms with Gasteiger partial charge in [0.2, 0.25) is 0 Å². The van der Waals surface area contributed by atoms with Gasteiger partial charge in [-0.3, -0.25) is 4.98 Å². The molecule has 2 heterocycles. The first-order valence-electron chi connectivity index (χ1n) is 5.96. The molecular formula is C15H10N2O2S. The monoisotopic (exact) mass is 282 g/mol. The van der Waals surface area contributed by atoms with Crippen LogP contribution in [0.5, 0.6) is 0 Å². The van der Waals surface area contributed by atoms with Crippen LogP contribution in [0, 0.1) is 0 Å². The Bertz CT molecular complexity index is 739. The van der Waals surface area contributed by atoms with E-state index in [1.54, 1.807) is 6.20 Å². The number of carboxylic acid groups (broad SMARTS) is 1. The molecule has 4 nitrogen and oxygen atoms in total. The van der Waals surface area contributed by atoms with Crippen molar-refractivity contribution in [3.63, 3.8) is 0 Å². The predicted octanol–water partition coefficient (Wildman–Crippen LogP) is 3.57. The molecule has 0 spiro atoms. The zero-order valence-corrected chi connectivity index (χ0v) is 11.2. The first-order chi connectivity index (χ1) is 9.75. The number of carbonyl (C=O) groups is 1. The Morgan fingerprint density at radius 3 is 2.45 bits per heavy atom. The van der Waals surface area contributed by atoms with Gasteiger partial charge in [0.15, 0.2) is 5.69 Å². The Balaban J connectivity index is 2.15. The van der Waals surface area contributed by atoms with Gasteiger partial charge in [-0.1, -0.05) is 36.4 Å². The summed E-state index contributed by atoms with van der Waals surface area (Å²) < 4.78 is 0. The molecule has 3 aromatic rings. The molecule has 1 N–H and O–H groups in total. The lowest BCUT2D eigenvalue weighted by Crippen LogP contribution is -1.98. The fourth-order valence-corrected chi connectivity index (χ4v) is 2.89. The third kappa shape index (κ3) is 2.31. The topological polar surface area (TPSA) is 63.1 Å². The van der Waals surface area contributed by atoms with E-state index in [9.17, 15) is 9.90 Å². The largest absolute Gasteiger partial charge is 0.476 e. The van der Waals surface area contributed by atoms with Crippen LogP contribution >= 0.6 is 11.3 Å². The van der Waals surface area contributed by atoms with Gasteiger partial charge in [0.05, 0.1) is 10.6 Å². The molecule has 0 atom stereocenters.